The lowest BCUT2D eigenvalue weighted by Crippen LogP contribution is -2.18. The normalized spacial score (nSPS) is 11.5. The lowest BCUT2D eigenvalue weighted by atomic mass is 9.94. The highest BCUT2D eigenvalue weighted by molar-refractivity contribution is 5.72. The molecule has 0 amide bonds. The van der Waals surface area contributed by atoms with Gasteiger partial charge in [-0.25, -0.2) is 0 Å². The Balaban J connectivity index is 3.61. The highest BCUT2D eigenvalue weighted by atomic mass is 16.5. The first-order chi connectivity index (χ1) is 18.8. The Bertz CT molecular complexity index is 415. The lowest BCUT2D eigenvalue weighted by Gasteiger charge is -2.15. The van der Waals surface area contributed by atoms with E-state index in [0.29, 0.717) is 6.61 Å². The van der Waals surface area contributed by atoms with Crippen molar-refractivity contribution in [2.24, 2.45) is 5.92 Å². The van der Waals surface area contributed by atoms with Gasteiger partial charge in [0.1, 0.15) is 0 Å². The van der Waals surface area contributed by atoms with Crippen LogP contribution in [0.25, 0.3) is 0 Å². The van der Waals surface area contributed by atoms with Crippen LogP contribution in [0.5, 0.6) is 0 Å². The van der Waals surface area contributed by atoms with Crippen molar-refractivity contribution >= 4 is 5.97 Å². The molecule has 0 saturated carbocycles. The van der Waals surface area contributed by atoms with Crippen molar-refractivity contribution in [3.05, 3.63) is 0 Å². The number of hydrogen-bond donors (Lipinski definition) is 0. The zero-order valence-electron chi connectivity index (χ0n) is 26.8. The number of unbranched alkanes of at least 4 members (excludes halogenated alkanes) is 26. The van der Waals surface area contributed by atoms with Gasteiger partial charge in [-0.05, 0) is 19.8 Å². The maximum Gasteiger partial charge on any atom is 0.308 e. The Kier molecular flexibility index (Phi) is 32.2. The molecule has 0 saturated heterocycles. The number of hydrogen-bond acceptors (Lipinski definition) is 2. The fourth-order valence-corrected chi connectivity index (χ4v) is 5.81. The standard InChI is InChI=1S/C36H72O2/c1-4-7-9-11-13-15-17-19-21-23-25-27-29-31-33-35(36(37)38-6-3)34-32-30-28-26-24-22-20-18-16-14-12-10-8-5-2/h35H,4-34H2,1-3H3. The van der Waals surface area contributed by atoms with Crippen LogP contribution >= 0.6 is 0 Å². The first-order valence-corrected chi connectivity index (χ1v) is 17.9. The fourth-order valence-electron chi connectivity index (χ4n) is 5.81. The summed E-state index contributed by atoms with van der Waals surface area (Å²) in [5.74, 6) is 0.210. The average Bonchev–Trinajstić information content (AvgIpc) is 2.92. The van der Waals surface area contributed by atoms with Gasteiger partial charge in [0.05, 0.1) is 12.5 Å². The Labute approximate surface area is 241 Å². The molecule has 0 aromatic heterocycles. The fraction of sp³-hybridized carbons (Fsp3) is 0.972. The van der Waals surface area contributed by atoms with Gasteiger partial charge in [-0.3, -0.25) is 4.79 Å². The molecule has 0 radical (unpaired) electrons. The van der Waals surface area contributed by atoms with E-state index in [1.165, 1.54) is 180 Å². The van der Waals surface area contributed by atoms with Crippen LogP contribution in [0.4, 0.5) is 0 Å². The molecule has 0 atom stereocenters. The molecule has 0 rings (SSSR count). The number of esters is 1. The van der Waals surface area contributed by atoms with Crippen molar-refractivity contribution < 1.29 is 9.53 Å². The van der Waals surface area contributed by atoms with Gasteiger partial charge in [0.15, 0.2) is 0 Å². The van der Waals surface area contributed by atoms with E-state index in [1.54, 1.807) is 0 Å². The van der Waals surface area contributed by atoms with Gasteiger partial charge < -0.3 is 4.74 Å². The summed E-state index contributed by atoms with van der Waals surface area (Å²) in [5.41, 5.74) is 0. The molecule has 0 aromatic rings. The smallest absolute Gasteiger partial charge is 0.308 e. The molecule has 0 aromatic carbocycles. The first-order valence-electron chi connectivity index (χ1n) is 17.9. The Morgan fingerprint density at radius 2 is 0.632 bits per heavy atom. The molecule has 0 heterocycles. The van der Waals surface area contributed by atoms with E-state index < -0.39 is 0 Å². The summed E-state index contributed by atoms with van der Waals surface area (Å²) < 4.78 is 5.40. The number of ether oxygens (including phenoxy) is 1. The molecule has 0 N–H and O–H groups in total. The minimum absolute atomic E-state index is 0.0666. The van der Waals surface area contributed by atoms with Gasteiger partial charge in [-0.1, -0.05) is 194 Å². The van der Waals surface area contributed by atoms with Crippen LogP contribution in [-0.4, -0.2) is 12.6 Å². The van der Waals surface area contributed by atoms with Gasteiger partial charge in [0.25, 0.3) is 0 Å². The van der Waals surface area contributed by atoms with Gasteiger partial charge in [0.2, 0.25) is 0 Å². The Morgan fingerprint density at radius 3 is 0.868 bits per heavy atom. The minimum atomic E-state index is 0.0666. The molecule has 228 valence electrons. The van der Waals surface area contributed by atoms with E-state index >= 15 is 0 Å². The summed E-state index contributed by atoms with van der Waals surface area (Å²) in [6.07, 6.45) is 40.9. The molecule has 0 aliphatic rings. The molecule has 2 heteroatoms. The van der Waals surface area contributed by atoms with Gasteiger partial charge in [0, 0.05) is 0 Å². The molecular weight excluding hydrogens is 464 g/mol. The maximum atomic E-state index is 12.5. The third kappa shape index (κ3) is 28.5. The summed E-state index contributed by atoms with van der Waals surface area (Å²) in [5, 5.41) is 0. The molecule has 0 unspecified atom stereocenters. The second-order valence-electron chi connectivity index (χ2n) is 12.2. The number of rotatable bonds is 32. The summed E-state index contributed by atoms with van der Waals surface area (Å²) >= 11 is 0. The summed E-state index contributed by atoms with van der Waals surface area (Å²) in [6, 6.07) is 0. The summed E-state index contributed by atoms with van der Waals surface area (Å²) in [7, 11) is 0. The molecule has 0 fully saturated rings. The van der Waals surface area contributed by atoms with Crippen molar-refractivity contribution in [1.82, 2.24) is 0 Å². The molecular formula is C36H72O2. The predicted molar refractivity (Wildman–Crippen MR) is 170 cm³/mol. The van der Waals surface area contributed by atoms with Crippen molar-refractivity contribution in [2.75, 3.05) is 6.61 Å². The van der Waals surface area contributed by atoms with Crippen molar-refractivity contribution in [1.29, 1.82) is 0 Å². The molecule has 0 spiro atoms. The predicted octanol–water partition coefficient (Wildman–Crippen LogP) is 12.9. The summed E-state index contributed by atoms with van der Waals surface area (Å²) in [4.78, 5) is 12.5. The Morgan fingerprint density at radius 1 is 0.395 bits per heavy atom. The monoisotopic (exact) mass is 537 g/mol. The van der Waals surface area contributed by atoms with E-state index in [4.69, 9.17) is 4.74 Å². The van der Waals surface area contributed by atoms with Crippen molar-refractivity contribution in [3.63, 3.8) is 0 Å². The maximum absolute atomic E-state index is 12.5. The van der Waals surface area contributed by atoms with Gasteiger partial charge >= 0.3 is 5.97 Å². The molecule has 2 nitrogen and oxygen atoms in total. The largest absolute Gasteiger partial charge is 0.466 e. The first kappa shape index (κ1) is 37.5. The van der Waals surface area contributed by atoms with Crippen LogP contribution in [-0.2, 0) is 9.53 Å². The van der Waals surface area contributed by atoms with Crippen LogP contribution in [0.3, 0.4) is 0 Å². The highest BCUT2D eigenvalue weighted by Gasteiger charge is 2.18. The van der Waals surface area contributed by atoms with E-state index in [9.17, 15) is 4.79 Å². The molecule has 0 bridgehead atoms. The minimum Gasteiger partial charge on any atom is -0.466 e. The zero-order chi connectivity index (χ0) is 27.8. The number of carbonyl (C=O) groups is 1. The number of carbonyl (C=O) groups excluding carboxylic acids is 1. The summed E-state index contributed by atoms with van der Waals surface area (Å²) in [6.45, 7) is 7.04. The highest BCUT2D eigenvalue weighted by Crippen LogP contribution is 2.21. The van der Waals surface area contributed by atoms with Crippen LogP contribution in [0, 0.1) is 5.92 Å². The Hall–Kier alpha value is -0.530. The van der Waals surface area contributed by atoms with Gasteiger partial charge in [-0.2, -0.15) is 0 Å². The molecule has 38 heavy (non-hydrogen) atoms. The van der Waals surface area contributed by atoms with E-state index in [2.05, 4.69) is 13.8 Å². The molecule has 0 aliphatic heterocycles. The van der Waals surface area contributed by atoms with Crippen LogP contribution < -0.4 is 0 Å². The topological polar surface area (TPSA) is 26.3 Å². The van der Waals surface area contributed by atoms with Crippen LogP contribution in [0.2, 0.25) is 0 Å². The SMILES string of the molecule is CCCCCCCCCCCCCCCCC(CCCCCCCCCCCCCCCC)C(=O)OCC. The molecule has 0 aliphatic carbocycles. The van der Waals surface area contributed by atoms with E-state index in [1.807, 2.05) is 6.92 Å². The second-order valence-corrected chi connectivity index (χ2v) is 12.2. The second kappa shape index (κ2) is 32.7. The van der Waals surface area contributed by atoms with E-state index in [0.717, 1.165) is 12.8 Å². The zero-order valence-corrected chi connectivity index (χ0v) is 26.8. The van der Waals surface area contributed by atoms with Crippen LogP contribution in [0.1, 0.15) is 213 Å². The van der Waals surface area contributed by atoms with E-state index in [-0.39, 0.29) is 11.9 Å². The van der Waals surface area contributed by atoms with Crippen molar-refractivity contribution in [3.8, 4) is 0 Å². The average molecular weight is 537 g/mol. The van der Waals surface area contributed by atoms with Crippen molar-refractivity contribution in [2.45, 2.75) is 213 Å². The third-order valence-corrected chi connectivity index (χ3v) is 8.43. The lowest BCUT2D eigenvalue weighted by molar-refractivity contribution is -0.148. The van der Waals surface area contributed by atoms with Gasteiger partial charge in [-0.15, -0.1) is 0 Å². The van der Waals surface area contributed by atoms with Crippen LogP contribution in [0.15, 0.2) is 0 Å². The quantitative estimate of drug-likeness (QED) is 0.0631. The third-order valence-electron chi connectivity index (χ3n) is 8.43.